The molecule has 0 bridgehead atoms. The van der Waals surface area contributed by atoms with Crippen molar-refractivity contribution in [3.05, 3.63) is 28.0 Å². The standard InChI is InChI=1S/C12H18BrFN2O2S2/c1-8(19-2)3-4-16-20(17,18)11-6-10(13)5-9(7-15)12(11)14/h5-6,8,16H,3-4,7,15H2,1-2H3. The van der Waals surface area contributed by atoms with Crippen molar-refractivity contribution in [2.24, 2.45) is 5.73 Å². The third-order valence-electron chi connectivity index (χ3n) is 2.83. The number of rotatable bonds is 7. The van der Waals surface area contributed by atoms with Crippen LogP contribution in [-0.4, -0.2) is 26.5 Å². The molecule has 1 aromatic carbocycles. The minimum absolute atomic E-state index is 0.0582. The molecule has 1 unspecified atom stereocenters. The largest absolute Gasteiger partial charge is 0.326 e. The molecule has 0 fully saturated rings. The lowest BCUT2D eigenvalue weighted by atomic mass is 10.2. The van der Waals surface area contributed by atoms with Gasteiger partial charge in [0.2, 0.25) is 10.0 Å². The highest BCUT2D eigenvalue weighted by molar-refractivity contribution is 9.10. The lowest BCUT2D eigenvalue weighted by Crippen LogP contribution is -2.27. The Labute approximate surface area is 131 Å². The van der Waals surface area contributed by atoms with Crippen LogP contribution in [0.15, 0.2) is 21.5 Å². The van der Waals surface area contributed by atoms with Gasteiger partial charge in [0.25, 0.3) is 0 Å². The Morgan fingerprint density at radius 1 is 1.50 bits per heavy atom. The third kappa shape index (κ3) is 4.70. The third-order valence-corrected chi connectivity index (χ3v) is 5.79. The van der Waals surface area contributed by atoms with E-state index in [1.807, 2.05) is 13.2 Å². The zero-order chi connectivity index (χ0) is 15.3. The van der Waals surface area contributed by atoms with Crippen LogP contribution in [0.1, 0.15) is 18.9 Å². The molecule has 0 radical (unpaired) electrons. The molecule has 1 aromatic rings. The van der Waals surface area contributed by atoms with E-state index in [-0.39, 0.29) is 23.5 Å². The predicted octanol–water partition coefficient (Wildman–Crippen LogP) is 2.47. The Kier molecular flexibility index (Phi) is 6.93. The lowest BCUT2D eigenvalue weighted by molar-refractivity contribution is 0.548. The number of sulfonamides is 1. The van der Waals surface area contributed by atoms with E-state index >= 15 is 0 Å². The van der Waals surface area contributed by atoms with Crippen molar-refractivity contribution in [3.8, 4) is 0 Å². The highest BCUT2D eigenvalue weighted by atomic mass is 79.9. The van der Waals surface area contributed by atoms with Crippen LogP contribution in [-0.2, 0) is 16.6 Å². The summed E-state index contributed by atoms with van der Waals surface area (Å²) in [6.07, 6.45) is 2.64. The van der Waals surface area contributed by atoms with Gasteiger partial charge in [0.05, 0.1) is 0 Å². The van der Waals surface area contributed by atoms with Gasteiger partial charge in [0, 0.05) is 28.4 Å². The summed E-state index contributed by atoms with van der Waals surface area (Å²) in [5.74, 6) is -0.791. The number of thioether (sulfide) groups is 1. The van der Waals surface area contributed by atoms with Crippen LogP contribution in [0, 0.1) is 5.82 Å². The average molecular weight is 385 g/mol. The highest BCUT2D eigenvalue weighted by Gasteiger charge is 2.21. The monoisotopic (exact) mass is 384 g/mol. The second kappa shape index (κ2) is 7.74. The molecule has 8 heteroatoms. The second-order valence-corrected chi connectivity index (χ2v) is 8.24. The normalized spacial score (nSPS) is 13.4. The quantitative estimate of drug-likeness (QED) is 0.757. The Balaban J connectivity index is 2.95. The molecular weight excluding hydrogens is 367 g/mol. The number of hydrogen-bond donors (Lipinski definition) is 2. The first-order valence-corrected chi connectivity index (χ1v) is 9.58. The zero-order valence-corrected chi connectivity index (χ0v) is 14.5. The summed E-state index contributed by atoms with van der Waals surface area (Å²) >= 11 is 4.82. The van der Waals surface area contributed by atoms with Gasteiger partial charge in [-0.25, -0.2) is 17.5 Å². The van der Waals surface area contributed by atoms with E-state index in [1.165, 1.54) is 12.1 Å². The molecule has 3 N–H and O–H groups in total. The van der Waals surface area contributed by atoms with Crippen LogP contribution in [0.3, 0.4) is 0 Å². The highest BCUT2D eigenvalue weighted by Crippen LogP contribution is 2.24. The van der Waals surface area contributed by atoms with Gasteiger partial charge in [-0.3, -0.25) is 0 Å². The number of nitrogens with two attached hydrogens (primary N) is 1. The van der Waals surface area contributed by atoms with Crippen molar-refractivity contribution < 1.29 is 12.8 Å². The summed E-state index contributed by atoms with van der Waals surface area (Å²) in [5.41, 5.74) is 5.57. The van der Waals surface area contributed by atoms with Crippen LogP contribution < -0.4 is 10.5 Å². The van der Waals surface area contributed by atoms with Gasteiger partial charge >= 0.3 is 0 Å². The van der Waals surface area contributed by atoms with Crippen molar-refractivity contribution in [2.75, 3.05) is 12.8 Å². The average Bonchev–Trinajstić information content (AvgIpc) is 2.40. The molecule has 0 spiro atoms. The van der Waals surface area contributed by atoms with Crippen LogP contribution in [0.4, 0.5) is 4.39 Å². The maximum atomic E-state index is 14.1. The maximum Gasteiger partial charge on any atom is 0.243 e. The number of benzene rings is 1. The van der Waals surface area contributed by atoms with Crippen molar-refractivity contribution in [2.45, 2.75) is 30.0 Å². The first kappa shape index (κ1) is 17.9. The fourth-order valence-electron chi connectivity index (χ4n) is 1.55. The van der Waals surface area contributed by atoms with Crippen molar-refractivity contribution in [1.82, 2.24) is 4.72 Å². The van der Waals surface area contributed by atoms with Crippen LogP contribution in [0.25, 0.3) is 0 Å². The maximum absolute atomic E-state index is 14.1. The molecule has 0 amide bonds. The fourth-order valence-corrected chi connectivity index (χ4v) is 3.76. The molecule has 0 saturated heterocycles. The second-order valence-electron chi connectivity index (χ2n) is 4.31. The van der Waals surface area contributed by atoms with Gasteiger partial charge in [0.15, 0.2) is 0 Å². The van der Waals surface area contributed by atoms with Gasteiger partial charge in [-0.1, -0.05) is 22.9 Å². The predicted molar refractivity (Wildman–Crippen MR) is 84.8 cm³/mol. The van der Waals surface area contributed by atoms with E-state index in [0.717, 1.165) is 0 Å². The van der Waals surface area contributed by atoms with Gasteiger partial charge in [-0.2, -0.15) is 11.8 Å². The molecule has 114 valence electrons. The molecular formula is C12H18BrFN2O2S2. The lowest BCUT2D eigenvalue weighted by Gasteiger charge is -2.12. The summed E-state index contributed by atoms with van der Waals surface area (Å²) in [6, 6.07) is 2.72. The molecule has 20 heavy (non-hydrogen) atoms. The van der Waals surface area contributed by atoms with Crippen LogP contribution in [0.2, 0.25) is 0 Å². The molecule has 4 nitrogen and oxygen atoms in total. The zero-order valence-electron chi connectivity index (χ0n) is 11.3. The number of nitrogens with one attached hydrogen (secondary N) is 1. The Bertz CT molecular complexity index is 567. The summed E-state index contributed by atoms with van der Waals surface area (Å²) in [7, 11) is -3.87. The van der Waals surface area contributed by atoms with Crippen molar-refractivity contribution in [3.63, 3.8) is 0 Å². The van der Waals surface area contributed by atoms with Crippen molar-refractivity contribution >= 4 is 37.7 Å². The summed E-state index contributed by atoms with van der Waals surface area (Å²) < 4.78 is 41.2. The molecule has 0 aliphatic carbocycles. The van der Waals surface area contributed by atoms with Crippen molar-refractivity contribution in [1.29, 1.82) is 0 Å². The Morgan fingerprint density at radius 2 is 2.15 bits per heavy atom. The topological polar surface area (TPSA) is 72.2 Å². The summed E-state index contributed by atoms with van der Waals surface area (Å²) in [5, 5.41) is 0.338. The first-order chi connectivity index (χ1) is 9.31. The number of hydrogen-bond acceptors (Lipinski definition) is 4. The summed E-state index contributed by atoms with van der Waals surface area (Å²) in [6.45, 7) is 2.22. The van der Waals surface area contributed by atoms with Crippen LogP contribution in [0.5, 0.6) is 0 Å². The van der Waals surface area contributed by atoms with E-state index in [2.05, 4.69) is 20.7 Å². The Morgan fingerprint density at radius 3 is 2.70 bits per heavy atom. The van der Waals surface area contributed by atoms with E-state index in [4.69, 9.17) is 5.73 Å². The molecule has 1 rings (SSSR count). The summed E-state index contributed by atoms with van der Waals surface area (Å²) in [4.78, 5) is -0.371. The van der Waals surface area contributed by atoms with Gasteiger partial charge in [-0.05, 0) is 24.8 Å². The van der Waals surface area contributed by atoms with Gasteiger partial charge in [0.1, 0.15) is 10.7 Å². The minimum Gasteiger partial charge on any atom is -0.326 e. The number of halogens is 2. The minimum atomic E-state index is -3.87. The molecule has 0 saturated carbocycles. The van der Waals surface area contributed by atoms with E-state index in [1.54, 1.807) is 11.8 Å². The SMILES string of the molecule is CSC(C)CCNS(=O)(=O)c1cc(Br)cc(CN)c1F. The fraction of sp³-hybridized carbons (Fsp3) is 0.500. The molecule has 0 aliphatic rings. The molecule has 0 aromatic heterocycles. The smallest absolute Gasteiger partial charge is 0.243 e. The Hall–Kier alpha value is -0.150. The van der Waals surface area contributed by atoms with Crippen LogP contribution >= 0.6 is 27.7 Å². The van der Waals surface area contributed by atoms with E-state index in [9.17, 15) is 12.8 Å². The first-order valence-electron chi connectivity index (χ1n) is 6.02. The van der Waals surface area contributed by atoms with Gasteiger partial charge < -0.3 is 5.73 Å². The van der Waals surface area contributed by atoms with E-state index in [0.29, 0.717) is 16.1 Å². The van der Waals surface area contributed by atoms with Gasteiger partial charge in [-0.15, -0.1) is 0 Å². The molecule has 0 aliphatic heterocycles. The van der Waals surface area contributed by atoms with E-state index < -0.39 is 15.8 Å². The molecule has 1 atom stereocenters. The molecule has 0 heterocycles.